The molecule has 0 saturated heterocycles. The van der Waals surface area contributed by atoms with Gasteiger partial charge in [-0.1, -0.05) is 36.8 Å². The van der Waals surface area contributed by atoms with Crippen LogP contribution < -0.4 is 5.32 Å². The molecule has 1 N–H and O–H groups in total. The van der Waals surface area contributed by atoms with Crippen LogP contribution in [0.1, 0.15) is 62.3 Å². The average Bonchev–Trinajstić information content (AvgIpc) is 2.98. The summed E-state index contributed by atoms with van der Waals surface area (Å²) in [5, 5.41) is 3.05. The summed E-state index contributed by atoms with van der Waals surface area (Å²) in [5.41, 5.74) is 2.28. The number of rotatable bonds is 8. The summed E-state index contributed by atoms with van der Waals surface area (Å²) in [7, 11) is 1.58. The highest BCUT2D eigenvalue weighted by atomic mass is 16.5. The fourth-order valence-electron chi connectivity index (χ4n) is 4.32. The number of imide groups is 1. The highest BCUT2D eigenvalue weighted by Crippen LogP contribution is 2.43. The molecule has 1 aliphatic heterocycles. The number of nitrogens with zero attached hydrogens (tertiary/aromatic N) is 1. The Morgan fingerprint density at radius 1 is 1.07 bits per heavy atom. The molecular weight excluding hydrogens is 380 g/mol. The van der Waals surface area contributed by atoms with Crippen molar-refractivity contribution in [1.82, 2.24) is 10.2 Å². The van der Waals surface area contributed by atoms with Crippen LogP contribution in [0.4, 0.5) is 0 Å². The molecule has 2 aromatic carbocycles. The highest BCUT2D eigenvalue weighted by Gasteiger charge is 2.39. The van der Waals surface area contributed by atoms with E-state index in [4.69, 9.17) is 4.74 Å². The van der Waals surface area contributed by atoms with Gasteiger partial charge in [0, 0.05) is 37.8 Å². The molecule has 1 heterocycles. The molecule has 1 fully saturated rings. The minimum absolute atomic E-state index is 0.0163. The molecule has 0 aromatic heterocycles. The fraction of sp³-hybridized carbons (Fsp3) is 0.375. The fourth-order valence-corrected chi connectivity index (χ4v) is 4.32. The molecule has 0 atom stereocenters. The number of fused-ring (bicyclic) bond motifs is 1. The molecule has 0 bridgehead atoms. The first kappa shape index (κ1) is 20.3. The van der Waals surface area contributed by atoms with Gasteiger partial charge in [-0.2, -0.15) is 0 Å². The number of carbonyl (C=O) groups excluding carboxylic acids is 3. The molecule has 1 saturated carbocycles. The van der Waals surface area contributed by atoms with E-state index in [1.807, 2.05) is 18.2 Å². The van der Waals surface area contributed by atoms with E-state index < -0.39 is 0 Å². The van der Waals surface area contributed by atoms with Gasteiger partial charge in [0.1, 0.15) is 0 Å². The summed E-state index contributed by atoms with van der Waals surface area (Å²) in [6.45, 7) is 1.34. The standard InChI is InChI=1S/C24H26N2O4/c1-30-14-6-13-26-22(28)19-10-9-17(15-20(19)23(26)29)21(27)25-16-24(11-5-12-24)18-7-3-2-4-8-18/h2-4,7-10,15H,5-6,11-14,16H2,1H3,(H,25,27). The number of methoxy groups -OCH3 is 1. The van der Waals surface area contributed by atoms with Crippen molar-refractivity contribution in [2.24, 2.45) is 0 Å². The van der Waals surface area contributed by atoms with Crippen LogP contribution >= 0.6 is 0 Å². The van der Waals surface area contributed by atoms with Gasteiger partial charge in [-0.05, 0) is 43.0 Å². The second-order valence-electron chi connectivity index (χ2n) is 8.05. The lowest BCUT2D eigenvalue weighted by molar-refractivity contribution is 0.0638. The Morgan fingerprint density at radius 2 is 1.80 bits per heavy atom. The molecule has 30 heavy (non-hydrogen) atoms. The molecule has 0 radical (unpaired) electrons. The molecule has 2 aromatic rings. The maximum Gasteiger partial charge on any atom is 0.261 e. The number of amides is 3. The number of ether oxygens (including phenoxy) is 1. The van der Waals surface area contributed by atoms with Gasteiger partial charge in [0.25, 0.3) is 17.7 Å². The Kier molecular flexibility index (Phi) is 5.68. The first-order valence-corrected chi connectivity index (χ1v) is 10.4. The van der Waals surface area contributed by atoms with Gasteiger partial charge in [0.2, 0.25) is 0 Å². The van der Waals surface area contributed by atoms with Crippen LogP contribution in [0, 0.1) is 0 Å². The van der Waals surface area contributed by atoms with Crippen molar-refractivity contribution in [3.05, 3.63) is 70.8 Å². The molecule has 3 amide bonds. The minimum Gasteiger partial charge on any atom is -0.385 e. The topological polar surface area (TPSA) is 75.7 Å². The van der Waals surface area contributed by atoms with E-state index in [9.17, 15) is 14.4 Å². The number of benzene rings is 2. The number of nitrogens with one attached hydrogen (secondary N) is 1. The summed E-state index contributed by atoms with van der Waals surface area (Å²) in [6.07, 6.45) is 3.83. The second-order valence-corrected chi connectivity index (χ2v) is 8.05. The van der Waals surface area contributed by atoms with Gasteiger partial charge in [-0.15, -0.1) is 0 Å². The summed E-state index contributed by atoms with van der Waals surface area (Å²) < 4.78 is 5.00. The lowest BCUT2D eigenvalue weighted by Gasteiger charge is -2.42. The number of hydrogen-bond donors (Lipinski definition) is 1. The Labute approximate surface area is 176 Å². The van der Waals surface area contributed by atoms with Gasteiger partial charge < -0.3 is 10.1 Å². The van der Waals surface area contributed by atoms with Crippen molar-refractivity contribution < 1.29 is 19.1 Å². The van der Waals surface area contributed by atoms with Gasteiger partial charge in [-0.3, -0.25) is 19.3 Å². The van der Waals surface area contributed by atoms with Gasteiger partial charge >= 0.3 is 0 Å². The summed E-state index contributed by atoms with van der Waals surface area (Å²) in [4.78, 5) is 39.2. The quantitative estimate of drug-likeness (QED) is 0.540. The molecule has 0 spiro atoms. The predicted octanol–water partition coefficient (Wildman–Crippen LogP) is 3.17. The maximum absolute atomic E-state index is 12.8. The SMILES string of the molecule is COCCCN1C(=O)c2ccc(C(=O)NCC3(c4ccccc4)CCC3)cc2C1=O. The largest absolute Gasteiger partial charge is 0.385 e. The normalized spacial score (nSPS) is 16.9. The number of carbonyl (C=O) groups is 3. The average molecular weight is 406 g/mol. The highest BCUT2D eigenvalue weighted by molar-refractivity contribution is 6.22. The molecule has 0 unspecified atom stereocenters. The van der Waals surface area contributed by atoms with Crippen molar-refractivity contribution in [2.45, 2.75) is 31.1 Å². The molecule has 6 nitrogen and oxygen atoms in total. The van der Waals surface area contributed by atoms with E-state index in [-0.39, 0.29) is 23.1 Å². The molecule has 2 aliphatic rings. The zero-order chi connectivity index (χ0) is 21.1. The summed E-state index contributed by atoms with van der Waals surface area (Å²) in [5.74, 6) is -0.880. The van der Waals surface area contributed by atoms with E-state index in [0.29, 0.717) is 42.8 Å². The van der Waals surface area contributed by atoms with E-state index in [1.165, 1.54) is 16.5 Å². The van der Waals surface area contributed by atoms with Gasteiger partial charge in [-0.25, -0.2) is 0 Å². The third kappa shape index (κ3) is 3.63. The Morgan fingerprint density at radius 3 is 2.47 bits per heavy atom. The van der Waals surface area contributed by atoms with Gasteiger partial charge in [0.05, 0.1) is 11.1 Å². The lowest BCUT2D eigenvalue weighted by Crippen LogP contribution is -2.45. The Balaban J connectivity index is 1.45. The van der Waals surface area contributed by atoms with Crippen LogP contribution in [-0.2, 0) is 10.2 Å². The lowest BCUT2D eigenvalue weighted by atomic mass is 9.64. The number of hydrogen-bond acceptors (Lipinski definition) is 4. The Bertz CT molecular complexity index is 966. The van der Waals surface area contributed by atoms with E-state index in [0.717, 1.165) is 19.3 Å². The van der Waals surface area contributed by atoms with Crippen molar-refractivity contribution in [3.8, 4) is 0 Å². The zero-order valence-corrected chi connectivity index (χ0v) is 17.1. The summed E-state index contributed by atoms with van der Waals surface area (Å²) >= 11 is 0. The smallest absolute Gasteiger partial charge is 0.261 e. The first-order valence-electron chi connectivity index (χ1n) is 10.4. The monoisotopic (exact) mass is 406 g/mol. The molecule has 4 rings (SSSR count). The zero-order valence-electron chi connectivity index (χ0n) is 17.1. The van der Waals surface area contributed by atoms with Crippen molar-refractivity contribution >= 4 is 17.7 Å². The van der Waals surface area contributed by atoms with Crippen LogP contribution in [0.2, 0.25) is 0 Å². The minimum atomic E-state index is -0.347. The van der Waals surface area contributed by atoms with Crippen LogP contribution in [0.5, 0.6) is 0 Å². The van der Waals surface area contributed by atoms with Gasteiger partial charge in [0.15, 0.2) is 0 Å². The third-order valence-corrected chi connectivity index (χ3v) is 6.25. The second kappa shape index (κ2) is 8.40. The molecular formula is C24H26N2O4. The molecule has 1 aliphatic carbocycles. The first-order chi connectivity index (χ1) is 14.6. The van der Waals surface area contributed by atoms with E-state index in [2.05, 4.69) is 17.4 Å². The molecule has 156 valence electrons. The van der Waals surface area contributed by atoms with Crippen LogP contribution in [-0.4, -0.2) is 49.4 Å². The Hall–Kier alpha value is -2.99. The van der Waals surface area contributed by atoms with Crippen molar-refractivity contribution in [3.63, 3.8) is 0 Å². The van der Waals surface area contributed by atoms with Crippen molar-refractivity contribution in [1.29, 1.82) is 0 Å². The molecule has 6 heteroatoms. The van der Waals surface area contributed by atoms with E-state index >= 15 is 0 Å². The third-order valence-electron chi connectivity index (χ3n) is 6.25. The van der Waals surface area contributed by atoms with Crippen LogP contribution in [0.25, 0.3) is 0 Å². The maximum atomic E-state index is 12.8. The van der Waals surface area contributed by atoms with E-state index in [1.54, 1.807) is 19.2 Å². The predicted molar refractivity (Wildman–Crippen MR) is 113 cm³/mol. The van der Waals surface area contributed by atoms with Crippen LogP contribution in [0.15, 0.2) is 48.5 Å². The van der Waals surface area contributed by atoms with Crippen molar-refractivity contribution in [2.75, 3.05) is 26.8 Å². The van der Waals surface area contributed by atoms with Crippen LogP contribution in [0.3, 0.4) is 0 Å². The summed E-state index contributed by atoms with van der Waals surface area (Å²) in [6, 6.07) is 15.0.